The molecule has 2 heteroatoms. The lowest BCUT2D eigenvalue weighted by atomic mass is 10.1. The van der Waals surface area contributed by atoms with Crippen LogP contribution in [0.4, 0.5) is 0 Å². The van der Waals surface area contributed by atoms with Crippen molar-refractivity contribution in [2.75, 3.05) is 20.8 Å². The van der Waals surface area contributed by atoms with E-state index in [1.54, 1.807) is 14.2 Å². The van der Waals surface area contributed by atoms with Crippen LogP contribution in [0, 0.1) is 6.92 Å². The standard InChI is InChI=1S/C11H16O2/c1-9-6-10(4-5-12-2)8-11(7-9)13-3/h6-8H,4-5H2,1-3H3. The molecule has 0 saturated heterocycles. The maximum atomic E-state index is 5.17. The predicted octanol–water partition coefficient (Wildman–Crippen LogP) is 2.19. The zero-order valence-electron chi connectivity index (χ0n) is 8.46. The second-order valence-electron chi connectivity index (χ2n) is 3.10. The van der Waals surface area contributed by atoms with E-state index in [2.05, 4.69) is 13.0 Å². The minimum absolute atomic E-state index is 0.757. The van der Waals surface area contributed by atoms with Crippen LogP contribution < -0.4 is 4.74 Å². The third-order valence-electron chi connectivity index (χ3n) is 1.94. The molecule has 0 aromatic heterocycles. The number of hydrogen-bond acceptors (Lipinski definition) is 2. The molecule has 0 spiro atoms. The van der Waals surface area contributed by atoms with Gasteiger partial charge in [0.2, 0.25) is 0 Å². The van der Waals surface area contributed by atoms with Gasteiger partial charge >= 0.3 is 0 Å². The number of rotatable bonds is 4. The molecule has 0 N–H and O–H groups in total. The molecule has 0 aliphatic carbocycles. The Labute approximate surface area is 79.5 Å². The second kappa shape index (κ2) is 4.87. The molecule has 1 rings (SSSR count). The number of ether oxygens (including phenoxy) is 2. The van der Waals surface area contributed by atoms with E-state index in [9.17, 15) is 0 Å². The van der Waals surface area contributed by atoms with Crippen LogP contribution in [-0.4, -0.2) is 20.8 Å². The zero-order chi connectivity index (χ0) is 9.68. The molecular weight excluding hydrogens is 164 g/mol. The molecule has 0 fully saturated rings. The van der Waals surface area contributed by atoms with Crippen molar-refractivity contribution < 1.29 is 9.47 Å². The lowest BCUT2D eigenvalue weighted by molar-refractivity contribution is 0.202. The van der Waals surface area contributed by atoms with Gasteiger partial charge in [-0.2, -0.15) is 0 Å². The summed E-state index contributed by atoms with van der Waals surface area (Å²) in [6.45, 7) is 2.82. The van der Waals surface area contributed by atoms with Gasteiger partial charge in [-0.25, -0.2) is 0 Å². The van der Waals surface area contributed by atoms with Crippen molar-refractivity contribution in [3.05, 3.63) is 29.3 Å². The predicted molar refractivity (Wildman–Crippen MR) is 53.3 cm³/mol. The van der Waals surface area contributed by atoms with Crippen LogP contribution in [0.25, 0.3) is 0 Å². The Bertz CT molecular complexity index is 269. The monoisotopic (exact) mass is 180 g/mol. The molecule has 0 radical (unpaired) electrons. The topological polar surface area (TPSA) is 18.5 Å². The highest BCUT2D eigenvalue weighted by molar-refractivity contribution is 5.33. The molecule has 0 aliphatic rings. The largest absolute Gasteiger partial charge is 0.497 e. The average molecular weight is 180 g/mol. The van der Waals surface area contributed by atoms with Gasteiger partial charge < -0.3 is 9.47 Å². The minimum Gasteiger partial charge on any atom is -0.497 e. The normalized spacial score (nSPS) is 10.1. The van der Waals surface area contributed by atoms with Crippen LogP contribution in [0.3, 0.4) is 0 Å². The summed E-state index contributed by atoms with van der Waals surface area (Å²) in [5, 5.41) is 0. The van der Waals surface area contributed by atoms with Crippen LogP contribution in [0.5, 0.6) is 5.75 Å². The summed E-state index contributed by atoms with van der Waals surface area (Å²) >= 11 is 0. The van der Waals surface area contributed by atoms with Crippen molar-refractivity contribution in [1.29, 1.82) is 0 Å². The summed E-state index contributed by atoms with van der Waals surface area (Å²) in [5.41, 5.74) is 2.49. The molecule has 72 valence electrons. The highest BCUT2D eigenvalue weighted by Crippen LogP contribution is 2.16. The Hall–Kier alpha value is -1.02. The van der Waals surface area contributed by atoms with Gasteiger partial charge in [0.05, 0.1) is 13.7 Å². The molecule has 1 aromatic carbocycles. The Morgan fingerprint density at radius 1 is 1.15 bits per heavy atom. The summed E-state index contributed by atoms with van der Waals surface area (Å²) in [5.74, 6) is 0.922. The van der Waals surface area contributed by atoms with E-state index in [-0.39, 0.29) is 0 Å². The first-order valence-electron chi connectivity index (χ1n) is 4.39. The van der Waals surface area contributed by atoms with Gasteiger partial charge in [-0.05, 0) is 36.6 Å². The fourth-order valence-electron chi connectivity index (χ4n) is 1.31. The summed E-state index contributed by atoms with van der Waals surface area (Å²) in [6, 6.07) is 6.23. The number of aryl methyl sites for hydroxylation is 1. The van der Waals surface area contributed by atoms with Crippen molar-refractivity contribution in [2.24, 2.45) is 0 Å². The van der Waals surface area contributed by atoms with E-state index in [1.807, 2.05) is 12.1 Å². The van der Waals surface area contributed by atoms with Crippen molar-refractivity contribution in [3.8, 4) is 5.75 Å². The molecule has 0 atom stereocenters. The molecule has 13 heavy (non-hydrogen) atoms. The average Bonchev–Trinajstić information content (AvgIpc) is 2.14. The van der Waals surface area contributed by atoms with Gasteiger partial charge in [-0.3, -0.25) is 0 Å². The lowest BCUT2D eigenvalue weighted by Crippen LogP contribution is -1.95. The third kappa shape index (κ3) is 3.07. The molecule has 0 bridgehead atoms. The van der Waals surface area contributed by atoms with E-state index < -0.39 is 0 Å². The van der Waals surface area contributed by atoms with Crippen LogP contribution in [0.1, 0.15) is 11.1 Å². The Kier molecular flexibility index (Phi) is 3.77. The van der Waals surface area contributed by atoms with E-state index in [4.69, 9.17) is 9.47 Å². The molecule has 0 aliphatic heterocycles. The first kappa shape index (κ1) is 10.1. The molecular formula is C11H16O2. The Morgan fingerprint density at radius 3 is 2.54 bits per heavy atom. The summed E-state index contributed by atoms with van der Waals surface area (Å²) in [7, 11) is 3.40. The molecule has 0 heterocycles. The Morgan fingerprint density at radius 2 is 1.92 bits per heavy atom. The van der Waals surface area contributed by atoms with Crippen molar-refractivity contribution in [3.63, 3.8) is 0 Å². The number of benzene rings is 1. The molecule has 0 amide bonds. The quantitative estimate of drug-likeness (QED) is 0.707. The van der Waals surface area contributed by atoms with E-state index >= 15 is 0 Å². The zero-order valence-corrected chi connectivity index (χ0v) is 8.46. The lowest BCUT2D eigenvalue weighted by Gasteiger charge is -2.05. The maximum Gasteiger partial charge on any atom is 0.119 e. The smallest absolute Gasteiger partial charge is 0.119 e. The first-order chi connectivity index (χ1) is 6.26. The van der Waals surface area contributed by atoms with Gasteiger partial charge in [-0.1, -0.05) is 6.07 Å². The number of methoxy groups -OCH3 is 2. The minimum atomic E-state index is 0.757. The third-order valence-corrected chi connectivity index (χ3v) is 1.94. The molecule has 1 aromatic rings. The van der Waals surface area contributed by atoms with Crippen LogP contribution in [0.2, 0.25) is 0 Å². The van der Waals surface area contributed by atoms with E-state index in [0.717, 1.165) is 18.8 Å². The summed E-state index contributed by atoms with van der Waals surface area (Å²) in [6.07, 6.45) is 0.939. The van der Waals surface area contributed by atoms with E-state index in [1.165, 1.54) is 11.1 Å². The van der Waals surface area contributed by atoms with Crippen LogP contribution >= 0.6 is 0 Å². The van der Waals surface area contributed by atoms with Crippen LogP contribution in [-0.2, 0) is 11.2 Å². The van der Waals surface area contributed by atoms with Gasteiger partial charge in [0, 0.05) is 7.11 Å². The molecule has 0 saturated carbocycles. The van der Waals surface area contributed by atoms with Crippen molar-refractivity contribution >= 4 is 0 Å². The van der Waals surface area contributed by atoms with Gasteiger partial charge in [0.1, 0.15) is 5.75 Å². The van der Waals surface area contributed by atoms with Gasteiger partial charge in [0.15, 0.2) is 0 Å². The highest BCUT2D eigenvalue weighted by Gasteiger charge is 1.98. The van der Waals surface area contributed by atoms with Crippen LogP contribution in [0.15, 0.2) is 18.2 Å². The van der Waals surface area contributed by atoms with Gasteiger partial charge in [0.25, 0.3) is 0 Å². The number of hydrogen-bond donors (Lipinski definition) is 0. The van der Waals surface area contributed by atoms with Gasteiger partial charge in [-0.15, -0.1) is 0 Å². The highest BCUT2D eigenvalue weighted by atomic mass is 16.5. The fraction of sp³-hybridized carbons (Fsp3) is 0.455. The SMILES string of the molecule is COCCc1cc(C)cc(OC)c1. The van der Waals surface area contributed by atoms with Crippen molar-refractivity contribution in [1.82, 2.24) is 0 Å². The van der Waals surface area contributed by atoms with E-state index in [0.29, 0.717) is 0 Å². The molecule has 0 unspecified atom stereocenters. The summed E-state index contributed by atoms with van der Waals surface area (Å²) in [4.78, 5) is 0. The maximum absolute atomic E-state index is 5.17. The first-order valence-corrected chi connectivity index (χ1v) is 4.39. The summed E-state index contributed by atoms with van der Waals surface area (Å²) < 4.78 is 10.2. The van der Waals surface area contributed by atoms with Crippen molar-refractivity contribution in [2.45, 2.75) is 13.3 Å². The second-order valence-corrected chi connectivity index (χ2v) is 3.10. The fourth-order valence-corrected chi connectivity index (χ4v) is 1.31. The molecule has 2 nitrogen and oxygen atoms in total. The Balaban J connectivity index is 2.76.